The Morgan fingerprint density at radius 3 is 2.09 bits per heavy atom. The molecule has 0 bridgehead atoms. The Hall–Kier alpha value is -2.71. The summed E-state index contributed by atoms with van der Waals surface area (Å²) >= 11 is 0. The Balaban J connectivity index is 5.08. The van der Waals surface area contributed by atoms with Gasteiger partial charge in [-0.05, 0) is 6.08 Å². The molecule has 0 aliphatic rings. The van der Waals surface area contributed by atoms with E-state index in [0.717, 1.165) is 19.9 Å². The standard InChI is InChI=1S/C13H17NO8/c1-9(15)20-8-13(22-11(3)17)12(21-10(2)16)6-4-5-7-14(18)19/h4-7,12-13H,8H2,1-3H3/b6-4+,7-5+/t12-,13+/m0/s1. The molecule has 0 aromatic rings. The van der Waals surface area contributed by atoms with Crippen LogP contribution in [0.2, 0.25) is 0 Å². The van der Waals surface area contributed by atoms with Gasteiger partial charge in [0.05, 0.1) is 4.92 Å². The van der Waals surface area contributed by atoms with E-state index in [1.54, 1.807) is 0 Å². The summed E-state index contributed by atoms with van der Waals surface area (Å²) in [4.78, 5) is 42.5. The van der Waals surface area contributed by atoms with Gasteiger partial charge in [-0.3, -0.25) is 24.5 Å². The highest BCUT2D eigenvalue weighted by Crippen LogP contribution is 2.09. The minimum absolute atomic E-state index is 0.323. The molecule has 0 aliphatic carbocycles. The summed E-state index contributed by atoms with van der Waals surface area (Å²) < 4.78 is 14.6. The number of allylic oxidation sites excluding steroid dienone is 2. The normalized spacial score (nSPS) is 13.6. The van der Waals surface area contributed by atoms with Gasteiger partial charge in [0.15, 0.2) is 12.2 Å². The summed E-state index contributed by atoms with van der Waals surface area (Å²) in [6.45, 7) is 3.13. The second-order valence-electron chi connectivity index (χ2n) is 4.04. The fourth-order valence-electron chi connectivity index (χ4n) is 1.33. The molecule has 0 saturated heterocycles. The van der Waals surface area contributed by atoms with Gasteiger partial charge in [-0.15, -0.1) is 0 Å². The molecule has 0 heterocycles. The maximum atomic E-state index is 11.1. The van der Waals surface area contributed by atoms with Crippen molar-refractivity contribution in [3.05, 3.63) is 34.5 Å². The van der Waals surface area contributed by atoms with Crippen LogP contribution in [0.4, 0.5) is 0 Å². The Kier molecular flexibility index (Phi) is 8.84. The minimum Gasteiger partial charge on any atom is -0.462 e. The molecule has 2 atom stereocenters. The number of ether oxygens (including phenoxy) is 3. The topological polar surface area (TPSA) is 122 Å². The van der Waals surface area contributed by atoms with Crippen molar-refractivity contribution in [1.29, 1.82) is 0 Å². The number of hydrogen-bond acceptors (Lipinski definition) is 8. The molecule has 9 nitrogen and oxygen atoms in total. The fourth-order valence-corrected chi connectivity index (χ4v) is 1.33. The molecule has 122 valence electrons. The number of carbonyl (C=O) groups excluding carboxylic acids is 3. The van der Waals surface area contributed by atoms with E-state index < -0.39 is 35.0 Å². The molecule has 0 N–H and O–H groups in total. The Morgan fingerprint density at radius 1 is 1.05 bits per heavy atom. The highest BCUT2D eigenvalue weighted by atomic mass is 16.6. The van der Waals surface area contributed by atoms with Crippen LogP contribution in [-0.4, -0.2) is 41.6 Å². The zero-order chi connectivity index (χ0) is 17.1. The second-order valence-corrected chi connectivity index (χ2v) is 4.04. The van der Waals surface area contributed by atoms with Gasteiger partial charge in [0.2, 0.25) is 6.20 Å². The lowest BCUT2D eigenvalue weighted by atomic mass is 10.2. The molecular weight excluding hydrogens is 298 g/mol. The van der Waals surface area contributed by atoms with Crippen molar-refractivity contribution in [1.82, 2.24) is 0 Å². The van der Waals surface area contributed by atoms with Crippen molar-refractivity contribution in [2.75, 3.05) is 6.61 Å². The van der Waals surface area contributed by atoms with E-state index in [0.29, 0.717) is 6.20 Å². The third-order valence-corrected chi connectivity index (χ3v) is 2.06. The van der Waals surface area contributed by atoms with Gasteiger partial charge in [0, 0.05) is 26.8 Å². The third-order valence-electron chi connectivity index (χ3n) is 2.06. The van der Waals surface area contributed by atoms with E-state index in [1.807, 2.05) is 0 Å². The summed E-state index contributed by atoms with van der Waals surface area (Å²) in [5.41, 5.74) is 0. The summed E-state index contributed by atoms with van der Waals surface area (Å²) in [5, 5.41) is 10.2. The Labute approximate surface area is 126 Å². The molecular formula is C13H17NO8. The quantitative estimate of drug-likeness (QED) is 0.211. The van der Waals surface area contributed by atoms with Crippen molar-refractivity contribution >= 4 is 17.9 Å². The van der Waals surface area contributed by atoms with Crippen LogP contribution in [0.3, 0.4) is 0 Å². The SMILES string of the molecule is CC(=O)OC[C@@H](OC(C)=O)[C@H](/C=C/C=C/[N+](=O)[O-])OC(C)=O. The van der Waals surface area contributed by atoms with Gasteiger partial charge in [0.25, 0.3) is 0 Å². The van der Waals surface area contributed by atoms with Crippen molar-refractivity contribution < 1.29 is 33.5 Å². The Bertz CT molecular complexity index is 482. The monoisotopic (exact) mass is 315 g/mol. The molecule has 0 radical (unpaired) electrons. The van der Waals surface area contributed by atoms with Gasteiger partial charge in [-0.2, -0.15) is 0 Å². The van der Waals surface area contributed by atoms with Crippen LogP contribution < -0.4 is 0 Å². The molecule has 0 amide bonds. The summed E-state index contributed by atoms with van der Waals surface area (Å²) in [5.74, 6) is -1.92. The van der Waals surface area contributed by atoms with Crippen molar-refractivity contribution in [2.24, 2.45) is 0 Å². The number of nitrogens with zero attached hydrogens (tertiary/aromatic N) is 1. The van der Waals surface area contributed by atoms with Gasteiger partial charge in [-0.25, -0.2) is 0 Å². The van der Waals surface area contributed by atoms with Crippen molar-refractivity contribution in [2.45, 2.75) is 33.0 Å². The number of carbonyl (C=O) groups is 3. The first kappa shape index (κ1) is 19.3. The second kappa shape index (κ2) is 10.1. The fraction of sp³-hybridized carbons (Fsp3) is 0.462. The highest BCUT2D eigenvalue weighted by molar-refractivity contribution is 5.68. The van der Waals surface area contributed by atoms with Crippen molar-refractivity contribution in [3.8, 4) is 0 Å². The Morgan fingerprint density at radius 2 is 1.64 bits per heavy atom. The number of rotatable bonds is 8. The van der Waals surface area contributed by atoms with Crippen LogP contribution in [0, 0.1) is 10.1 Å². The first-order valence-electron chi connectivity index (χ1n) is 6.18. The lowest BCUT2D eigenvalue weighted by Crippen LogP contribution is -2.37. The lowest BCUT2D eigenvalue weighted by Gasteiger charge is -2.23. The molecule has 9 heteroatoms. The van der Waals surface area contributed by atoms with Crippen molar-refractivity contribution in [3.63, 3.8) is 0 Å². The molecule has 0 aliphatic heterocycles. The predicted octanol–water partition coefficient (Wildman–Crippen LogP) is 0.760. The first-order valence-corrected chi connectivity index (χ1v) is 6.18. The van der Waals surface area contributed by atoms with Crippen LogP contribution in [0.25, 0.3) is 0 Å². The average Bonchev–Trinajstić information content (AvgIpc) is 2.36. The van der Waals surface area contributed by atoms with E-state index in [-0.39, 0.29) is 6.61 Å². The van der Waals surface area contributed by atoms with Crippen LogP contribution in [0.15, 0.2) is 24.4 Å². The molecule has 0 aromatic carbocycles. The van der Waals surface area contributed by atoms with Crippen LogP contribution in [-0.2, 0) is 28.6 Å². The maximum Gasteiger partial charge on any atom is 0.303 e. The van der Waals surface area contributed by atoms with Crippen LogP contribution in [0.5, 0.6) is 0 Å². The smallest absolute Gasteiger partial charge is 0.303 e. The van der Waals surface area contributed by atoms with E-state index in [2.05, 4.69) is 0 Å². The van der Waals surface area contributed by atoms with Gasteiger partial charge in [0.1, 0.15) is 6.61 Å². The van der Waals surface area contributed by atoms with Gasteiger partial charge < -0.3 is 14.2 Å². The molecule has 0 fully saturated rings. The third kappa shape index (κ3) is 10.1. The van der Waals surface area contributed by atoms with E-state index in [9.17, 15) is 24.5 Å². The first-order chi connectivity index (χ1) is 10.2. The number of hydrogen-bond donors (Lipinski definition) is 0. The van der Waals surface area contributed by atoms with Crippen LogP contribution in [0.1, 0.15) is 20.8 Å². The largest absolute Gasteiger partial charge is 0.462 e. The lowest BCUT2D eigenvalue weighted by molar-refractivity contribution is -0.402. The average molecular weight is 315 g/mol. The van der Waals surface area contributed by atoms with Crippen LogP contribution >= 0.6 is 0 Å². The number of esters is 3. The summed E-state index contributed by atoms with van der Waals surface area (Å²) in [7, 11) is 0. The molecule has 0 unspecified atom stereocenters. The molecule has 22 heavy (non-hydrogen) atoms. The van der Waals surface area contributed by atoms with E-state index in [1.165, 1.54) is 19.1 Å². The molecule has 0 saturated carbocycles. The van der Waals surface area contributed by atoms with E-state index >= 15 is 0 Å². The van der Waals surface area contributed by atoms with E-state index in [4.69, 9.17) is 14.2 Å². The van der Waals surface area contributed by atoms with Gasteiger partial charge in [-0.1, -0.05) is 6.08 Å². The highest BCUT2D eigenvalue weighted by Gasteiger charge is 2.26. The summed E-state index contributed by atoms with van der Waals surface area (Å²) in [6.07, 6.45) is 2.18. The molecule has 0 spiro atoms. The predicted molar refractivity (Wildman–Crippen MR) is 73.0 cm³/mol. The molecule has 0 aromatic heterocycles. The number of nitro groups is 1. The maximum absolute atomic E-state index is 11.1. The zero-order valence-corrected chi connectivity index (χ0v) is 12.4. The summed E-state index contributed by atoms with van der Waals surface area (Å²) in [6, 6.07) is 0. The molecule has 0 rings (SSSR count). The van der Waals surface area contributed by atoms with Gasteiger partial charge >= 0.3 is 17.9 Å². The minimum atomic E-state index is -1.06. The zero-order valence-electron chi connectivity index (χ0n) is 12.4.